The molecule has 1 amide bonds. The Hall–Kier alpha value is -1.20. The minimum atomic E-state index is -0.269. The molecule has 0 aliphatic heterocycles. The fourth-order valence-electron chi connectivity index (χ4n) is 1.98. The minimum Gasteiger partial charge on any atom is -0.325 e. The zero-order valence-corrected chi connectivity index (χ0v) is 14.5. The third-order valence-electron chi connectivity index (χ3n) is 3.14. The zero-order chi connectivity index (χ0) is 15.4. The molecule has 1 atom stereocenters. The highest BCUT2D eigenvalue weighted by Gasteiger charge is 2.12. The van der Waals surface area contributed by atoms with Gasteiger partial charge in [0.1, 0.15) is 5.82 Å². The molecule has 0 saturated heterocycles. The van der Waals surface area contributed by atoms with Crippen LogP contribution in [0.15, 0.2) is 51.4 Å². The van der Waals surface area contributed by atoms with Crippen LogP contribution in [0.1, 0.15) is 24.8 Å². The predicted octanol–water partition coefficient (Wildman–Crippen LogP) is 5.48. The lowest BCUT2D eigenvalue weighted by Crippen LogP contribution is -2.14. The molecule has 0 aromatic heterocycles. The second-order valence-electron chi connectivity index (χ2n) is 4.83. The lowest BCUT2D eigenvalue weighted by Gasteiger charge is -2.13. The monoisotopic (exact) mass is 413 g/mol. The van der Waals surface area contributed by atoms with E-state index in [2.05, 4.69) is 37.2 Å². The summed E-state index contributed by atoms with van der Waals surface area (Å²) in [6, 6.07) is 11.8. The third-order valence-corrected chi connectivity index (χ3v) is 4.29. The van der Waals surface area contributed by atoms with Crippen LogP contribution in [0.3, 0.4) is 0 Å². The summed E-state index contributed by atoms with van der Waals surface area (Å²) < 4.78 is 14.6. The van der Waals surface area contributed by atoms with E-state index in [9.17, 15) is 9.18 Å². The van der Waals surface area contributed by atoms with E-state index in [1.54, 1.807) is 12.1 Å². The van der Waals surface area contributed by atoms with Crippen molar-refractivity contribution in [1.82, 2.24) is 0 Å². The highest BCUT2D eigenvalue weighted by Crippen LogP contribution is 2.27. The Morgan fingerprint density at radius 3 is 2.48 bits per heavy atom. The molecular formula is C16H14Br2FNO. The van der Waals surface area contributed by atoms with E-state index in [0.717, 1.165) is 20.2 Å². The van der Waals surface area contributed by atoms with Crippen molar-refractivity contribution in [3.8, 4) is 0 Å². The topological polar surface area (TPSA) is 29.1 Å². The molecule has 21 heavy (non-hydrogen) atoms. The largest absolute Gasteiger partial charge is 0.325 e. The predicted molar refractivity (Wildman–Crippen MR) is 89.9 cm³/mol. The smallest absolute Gasteiger partial charge is 0.225 e. The minimum absolute atomic E-state index is 0.0276. The molecule has 110 valence electrons. The Labute approximate surface area is 140 Å². The van der Waals surface area contributed by atoms with Crippen LogP contribution in [0.25, 0.3) is 0 Å². The standard InChI is InChI=1S/C16H14Br2FNO/c1-10(11-2-5-13(19)6-3-11)8-16(21)20-15-7-4-12(17)9-14(15)18/h2-7,9-10H,8H2,1H3,(H,20,21). The van der Waals surface area contributed by atoms with Crippen molar-refractivity contribution >= 4 is 43.5 Å². The molecule has 2 aromatic carbocycles. The van der Waals surface area contributed by atoms with Crippen LogP contribution in [-0.2, 0) is 4.79 Å². The summed E-state index contributed by atoms with van der Waals surface area (Å²) >= 11 is 6.77. The molecule has 1 N–H and O–H groups in total. The van der Waals surface area contributed by atoms with Gasteiger partial charge in [0.25, 0.3) is 0 Å². The number of carbonyl (C=O) groups is 1. The van der Waals surface area contributed by atoms with E-state index in [1.165, 1.54) is 12.1 Å². The zero-order valence-electron chi connectivity index (χ0n) is 11.4. The lowest BCUT2D eigenvalue weighted by atomic mass is 9.97. The maximum absolute atomic E-state index is 12.9. The molecule has 1 unspecified atom stereocenters. The van der Waals surface area contributed by atoms with Crippen molar-refractivity contribution in [2.75, 3.05) is 5.32 Å². The lowest BCUT2D eigenvalue weighted by molar-refractivity contribution is -0.116. The highest BCUT2D eigenvalue weighted by atomic mass is 79.9. The molecule has 2 rings (SSSR count). The van der Waals surface area contributed by atoms with E-state index in [1.807, 2.05) is 25.1 Å². The van der Waals surface area contributed by atoms with Gasteiger partial charge < -0.3 is 5.32 Å². The van der Waals surface area contributed by atoms with Gasteiger partial charge in [0.2, 0.25) is 5.91 Å². The van der Waals surface area contributed by atoms with Crippen LogP contribution in [0, 0.1) is 5.82 Å². The Morgan fingerprint density at radius 1 is 1.19 bits per heavy atom. The van der Waals surface area contributed by atoms with Gasteiger partial charge in [0.05, 0.1) is 5.69 Å². The highest BCUT2D eigenvalue weighted by molar-refractivity contribution is 9.11. The molecule has 0 saturated carbocycles. The average molecular weight is 415 g/mol. The van der Waals surface area contributed by atoms with Gasteiger partial charge >= 0.3 is 0 Å². The van der Waals surface area contributed by atoms with E-state index < -0.39 is 0 Å². The first-order valence-electron chi connectivity index (χ1n) is 6.46. The Kier molecular flexibility index (Phi) is 5.53. The second-order valence-corrected chi connectivity index (χ2v) is 6.60. The third kappa shape index (κ3) is 4.64. The summed E-state index contributed by atoms with van der Waals surface area (Å²) in [6.45, 7) is 1.95. The number of carbonyl (C=O) groups excluding carboxylic acids is 1. The first kappa shape index (κ1) is 16.2. The van der Waals surface area contributed by atoms with Gasteiger partial charge in [-0.2, -0.15) is 0 Å². The summed E-state index contributed by atoms with van der Waals surface area (Å²) in [4.78, 5) is 12.1. The van der Waals surface area contributed by atoms with Crippen LogP contribution in [0.5, 0.6) is 0 Å². The molecule has 0 fully saturated rings. The number of rotatable bonds is 4. The van der Waals surface area contributed by atoms with Crippen LogP contribution >= 0.6 is 31.9 Å². The molecule has 0 aliphatic carbocycles. The van der Waals surface area contributed by atoms with Crippen molar-refractivity contribution in [3.05, 3.63) is 62.8 Å². The van der Waals surface area contributed by atoms with Gasteiger partial charge in [0.15, 0.2) is 0 Å². The van der Waals surface area contributed by atoms with Gasteiger partial charge in [-0.3, -0.25) is 4.79 Å². The van der Waals surface area contributed by atoms with Gasteiger partial charge in [-0.05, 0) is 57.7 Å². The molecule has 0 bridgehead atoms. The molecule has 2 nitrogen and oxygen atoms in total. The summed E-state index contributed by atoms with van der Waals surface area (Å²) in [5.74, 6) is -0.316. The maximum Gasteiger partial charge on any atom is 0.225 e. The Bertz CT molecular complexity index is 643. The van der Waals surface area contributed by atoms with Crippen molar-refractivity contribution in [2.24, 2.45) is 0 Å². The first-order chi connectivity index (χ1) is 9.95. The second kappa shape index (κ2) is 7.18. The first-order valence-corrected chi connectivity index (χ1v) is 8.04. The van der Waals surface area contributed by atoms with E-state index >= 15 is 0 Å². The summed E-state index contributed by atoms with van der Waals surface area (Å²) in [5.41, 5.74) is 1.68. The molecule has 2 aromatic rings. The summed E-state index contributed by atoms with van der Waals surface area (Å²) in [5, 5.41) is 2.87. The number of nitrogens with one attached hydrogen (secondary N) is 1. The SMILES string of the molecule is CC(CC(=O)Nc1ccc(Br)cc1Br)c1ccc(F)cc1. The number of hydrogen-bond donors (Lipinski definition) is 1. The van der Waals surface area contributed by atoms with Crippen molar-refractivity contribution in [1.29, 1.82) is 0 Å². The summed E-state index contributed by atoms with van der Waals surface area (Å²) in [6.07, 6.45) is 0.341. The van der Waals surface area contributed by atoms with Crippen molar-refractivity contribution < 1.29 is 9.18 Å². The quantitative estimate of drug-likeness (QED) is 0.704. The Balaban J connectivity index is 1.99. The molecular weight excluding hydrogens is 401 g/mol. The van der Waals surface area contributed by atoms with Gasteiger partial charge in [0, 0.05) is 15.4 Å². The maximum atomic E-state index is 12.9. The van der Waals surface area contributed by atoms with E-state index in [4.69, 9.17) is 0 Å². The average Bonchev–Trinajstić information content (AvgIpc) is 2.42. The van der Waals surface area contributed by atoms with Crippen LogP contribution in [-0.4, -0.2) is 5.91 Å². The van der Waals surface area contributed by atoms with E-state index in [-0.39, 0.29) is 17.6 Å². The molecule has 0 radical (unpaired) electrons. The Morgan fingerprint density at radius 2 is 1.86 bits per heavy atom. The number of amides is 1. The molecule has 5 heteroatoms. The normalized spacial score (nSPS) is 12.0. The number of anilines is 1. The van der Waals surface area contributed by atoms with Crippen LogP contribution in [0.4, 0.5) is 10.1 Å². The molecule has 0 spiro atoms. The number of halogens is 3. The molecule has 0 heterocycles. The van der Waals surface area contributed by atoms with Gasteiger partial charge in [-0.15, -0.1) is 0 Å². The van der Waals surface area contributed by atoms with E-state index in [0.29, 0.717) is 6.42 Å². The fourth-order valence-corrected chi connectivity index (χ4v) is 3.13. The number of hydrogen-bond acceptors (Lipinski definition) is 1. The van der Waals surface area contributed by atoms with Crippen LogP contribution < -0.4 is 5.32 Å². The fraction of sp³-hybridized carbons (Fsp3) is 0.188. The van der Waals surface area contributed by atoms with Gasteiger partial charge in [-0.1, -0.05) is 35.0 Å². The molecule has 0 aliphatic rings. The van der Waals surface area contributed by atoms with Crippen LogP contribution in [0.2, 0.25) is 0 Å². The van der Waals surface area contributed by atoms with Crippen molar-refractivity contribution in [2.45, 2.75) is 19.3 Å². The summed E-state index contributed by atoms with van der Waals surface area (Å²) in [7, 11) is 0. The van der Waals surface area contributed by atoms with Gasteiger partial charge in [-0.25, -0.2) is 4.39 Å². The number of benzene rings is 2. The van der Waals surface area contributed by atoms with Crippen molar-refractivity contribution in [3.63, 3.8) is 0 Å².